The smallest absolute Gasteiger partial charge is 0.338 e. The summed E-state index contributed by atoms with van der Waals surface area (Å²) in [7, 11) is 0. The Morgan fingerprint density at radius 1 is 0.944 bits per heavy atom. The van der Waals surface area contributed by atoms with Crippen LogP contribution in [-0.4, -0.2) is 41.1 Å². The minimum Gasteiger partial charge on any atom is -0.462 e. The van der Waals surface area contributed by atoms with Gasteiger partial charge in [0.15, 0.2) is 5.78 Å². The fourth-order valence-corrected chi connectivity index (χ4v) is 6.33. The van der Waals surface area contributed by atoms with Crippen LogP contribution in [0.15, 0.2) is 72.2 Å². The number of thiophene rings is 1. The molecule has 0 spiro atoms. The summed E-state index contributed by atoms with van der Waals surface area (Å²) in [6.07, 6.45) is 3.78. The van der Waals surface area contributed by atoms with Gasteiger partial charge in [-0.1, -0.05) is 30.3 Å². The third kappa shape index (κ3) is 3.25. The predicted molar refractivity (Wildman–Crippen MR) is 134 cm³/mol. The first-order valence-electron chi connectivity index (χ1n) is 11.8. The number of rotatable bonds is 5. The zero-order chi connectivity index (χ0) is 25.0. The molecule has 0 bridgehead atoms. The lowest BCUT2D eigenvalue weighted by molar-refractivity contribution is -0.123. The molecule has 2 saturated heterocycles. The van der Waals surface area contributed by atoms with Crippen molar-refractivity contribution in [1.82, 2.24) is 4.90 Å². The number of benzene rings is 2. The number of hydrogen-bond acceptors (Lipinski definition) is 7. The van der Waals surface area contributed by atoms with E-state index >= 15 is 0 Å². The second-order valence-electron chi connectivity index (χ2n) is 8.95. The Morgan fingerprint density at radius 2 is 1.69 bits per heavy atom. The lowest BCUT2D eigenvalue weighted by atomic mass is 9.84. The molecule has 4 atom stereocenters. The van der Waals surface area contributed by atoms with E-state index in [0.717, 1.165) is 11.1 Å². The summed E-state index contributed by atoms with van der Waals surface area (Å²) in [4.78, 5) is 57.1. The molecule has 2 fully saturated rings. The number of imide groups is 1. The van der Waals surface area contributed by atoms with E-state index in [-0.39, 0.29) is 18.3 Å². The van der Waals surface area contributed by atoms with Crippen molar-refractivity contribution in [2.24, 2.45) is 11.8 Å². The number of ketones is 1. The molecule has 3 aliphatic rings. The summed E-state index contributed by atoms with van der Waals surface area (Å²) >= 11 is 1.33. The molecule has 7 nitrogen and oxygen atoms in total. The topological polar surface area (TPSA) is 84.0 Å². The minimum atomic E-state index is -0.822. The van der Waals surface area contributed by atoms with Gasteiger partial charge in [0.1, 0.15) is 6.04 Å². The van der Waals surface area contributed by atoms with Crippen LogP contribution in [0.4, 0.5) is 5.69 Å². The van der Waals surface area contributed by atoms with Crippen molar-refractivity contribution in [3.8, 4) is 0 Å². The normalized spacial score (nSPS) is 23.9. The summed E-state index contributed by atoms with van der Waals surface area (Å²) in [6.45, 7) is 1.98. The quantitative estimate of drug-likeness (QED) is 0.296. The maximum Gasteiger partial charge on any atom is 0.338 e. The predicted octanol–water partition coefficient (Wildman–Crippen LogP) is 4.32. The minimum absolute atomic E-state index is 0.160. The van der Waals surface area contributed by atoms with Crippen molar-refractivity contribution in [2.75, 3.05) is 11.5 Å². The summed E-state index contributed by atoms with van der Waals surface area (Å²) in [6, 6.07) is 16.4. The van der Waals surface area contributed by atoms with Crippen LogP contribution in [0.3, 0.4) is 0 Å². The number of carbonyl (C=O) groups excluding carboxylic acids is 4. The molecule has 6 rings (SSSR count). The van der Waals surface area contributed by atoms with E-state index in [9.17, 15) is 19.2 Å². The van der Waals surface area contributed by atoms with E-state index in [1.54, 1.807) is 37.3 Å². The monoisotopic (exact) mass is 498 g/mol. The Hall–Kier alpha value is -4.04. The third-order valence-corrected chi connectivity index (χ3v) is 8.02. The first-order chi connectivity index (χ1) is 17.5. The fraction of sp³-hybridized carbons (Fsp3) is 0.214. The zero-order valence-electron chi connectivity index (χ0n) is 19.4. The van der Waals surface area contributed by atoms with E-state index in [1.807, 2.05) is 52.9 Å². The Kier molecular flexibility index (Phi) is 5.34. The van der Waals surface area contributed by atoms with Crippen LogP contribution in [0.25, 0.3) is 6.08 Å². The Morgan fingerprint density at radius 3 is 2.42 bits per heavy atom. The van der Waals surface area contributed by atoms with Crippen molar-refractivity contribution < 1.29 is 23.9 Å². The van der Waals surface area contributed by atoms with Crippen molar-refractivity contribution in [3.05, 3.63) is 93.8 Å². The van der Waals surface area contributed by atoms with E-state index in [1.165, 1.54) is 16.2 Å². The molecular formula is C28H22N2O5S. The molecule has 2 amide bonds. The Bertz CT molecular complexity index is 1410. The van der Waals surface area contributed by atoms with Crippen LogP contribution in [0, 0.1) is 11.8 Å². The van der Waals surface area contributed by atoms with Gasteiger partial charge in [0.2, 0.25) is 11.8 Å². The number of esters is 1. The average Bonchev–Trinajstić information content (AvgIpc) is 3.60. The standard InChI is InChI=1S/C28H22N2O5S/c1-2-35-28(34)17-9-11-18(12-10-17)30-26(32)21-22(27(30)33)24(25(31)20-8-5-15-36-20)29-14-13-16-6-3-4-7-19(16)23(21)29/h3-15,21-24H,2H2,1H3/t21-,22+,23-,24-/m0/s1. The largest absolute Gasteiger partial charge is 0.462 e. The third-order valence-electron chi connectivity index (χ3n) is 7.13. The van der Waals surface area contributed by atoms with Crippen LogP contribution < -0.4 is 4.90 Å². The van der Waals surface area contributed by atoms with Crippen molar-refractivity contribution >= 4 is 46.7 Å². The van der Waals surface area contributed by atoms with Gasteiger partial charge in [0.25, 0.3) is 0 Å². The summed E-state index contributed by atoms with van der Waals surface area (Å²) in [5.41, 5.74) is 2.61. The van der Waals surface area contributed by atoms with E-state index in [0.29, 0.717) is 16.1 Å². The number of fused-ring (bicyclic) bond motifs is 5. The highest BCUT2D eigenvalue weighted by Crippen LogP contribution is 2.53. The second kappa shape index (κ2) is 8.57. The molecule has 3 aromatic rings. The molecule has 0 N–H and O–H groups in total. The average molecular weight is 499 g/mol. The molecule has 180 valence electrons. The molecule has 1 aromatic heterocycles. The highest BCUT2D eigenvalue weighted by Gasteiger charge is 2.64. The number of amides is 2. The van der Waals surface area contributed by atoms with Gasteiger partial charge in [-0.3, -0.25) is 14.4 Å². The van der Waals surface area contributed by atoms with Crippen LogP contribution >= 0.6 is 11.3 Å². The number of nitrogens with zero attached hydrogens (tertiary/aromatic N) is 2. The molecule has 2 aromatic carbocycles. The summed E-state index contributed by atoms with van der Waals surface area (Å²) in [5.74, 6) is -2.89. The lowest BCUT2D eigenvalue weighted by Crippen LogP contribution is -2.44. The van der Waals surface area contributed by atoms with Crippen LogP contribution in [0.1, 0.15) is 44.1 Å². The maximum absolute atomic E-state index is 13.9. The van der Waals surface area contributed by atoms with Gasteiger partial charge in [-0.05, 0) is 59.8 Å². The fourth-order valence-electron chi connectivity index (χ4n) is 5.64. The van der Waals surface area contributed by atoms with Gasteiger partial charge >= 0.3 is 5.97 Å². The van der Waals surface area contributed by atoms with Gasteiger partial charge in [0.05, 0.1) is 40.6 Å². The maximum atomic E-state index is 13.9. The molecular weight excluding hydrogens is 476 g/mol. The molecule has 0 aliphatic carbocycles. The Labute approximate surface area is 211 Å². The molecule has 4 heterocycles. The van der Waals surface area contributed by atoms with Gasteiger partial charge < -0.3 is 9.64 Å². The summed E-state index contributed by atoms with van der Waals surface area (Å²) in [5, 5.41) is 1.83. The van der Waals surface area contributed by atoms with Gasteiger partial charge in [-0.2, -0.15) is 0 Å². The van der Waals surface area contributed by atoms with Crippen LogP contribution in [0.2, 0.25) is 0 Å². The number of hydrogen-bond donors (Lipinski definition) is 0. The molecule has 8 heteroatoms. The molecule has 3 aliphatic heterocycles. The number of ether oxygens (including phenoxy) is 1. The van der Waals surface area contributed by atoms with E-state index in [4.69, 9.17) is 4.74 Å². The Balaban J connectivity index is 1.42. The first kappa shape index (κ1) is 22.4. The SMILES string of the molecule is CCOC(=O)c1ccc(N2C(=O)[C@@H]3[C@H](C2=O)[C@@H]2c4ccccc4C=CN2[C@@H]3C(=O)c2cccs2)cc1. The van der Waals surface area contributed by atoms with Gasteiger partial charge in [0, 0.05) is 6.20 Å². The highest BCUT2D eigenvalue weighted by molar-refractivity contribution is 7.12. The van der Waals surface area contributed by atoms with E-state index < -0.39 is 35.8 Å². The molecule has 0 unspecified atom stereocenters. The number of anilines is 1. The van der Waals surface area contributed by atoms with Gasteiger partial charge in [-0.25, -0.2) is 9.69 Å². The zero-order valence-corrected chi connectivity index (χ0v) is 20.2. The molecule has 36 heavy (non-hydrogen) atoms. The molecule has 0 saturated carbocycles. The lowest BCUT2D eigenvalue weighted by Gasteiger charge is -2.35. The van der Waals surface area contributed by atoms with Crippen molar-refractivity contribution in [2.45, 2.75) is 19.0 Å². The van der Waals surface area contributed by atoms with Gasteiger partial charge in [-0.15, -0.1) is 11.3 Å². The van der Waals surface area contributed by atoms with Crippen LogP contribution in [-0.2, 0) is 14.3 Å². The van der Waals surface area contributed by atoms with Crippen molar-refractivity contribution in [3.63, 3.8) is 0 Å². The first-order valence-corrected chi connectivity index (χ1v) is 12.7. The second-order valence-corrected chi connectivity index (χ2v) is 9.90. The number of carbonyl (C=O) groups is 4. The van der Waals surface area contributed by atoms with Crippen LogP contribution in [0.5, 0.6) is 0 Å². The van der Waals surface area contributed by atoms with E-state index in [2.05, 4.69) is 0 Å². The highest BCUT2D eigenvalue weighted by atomic mass is 32.1. The summed E-state index contributed by atoms with van der Waals surface area (Å²) < 4.78 is 5.03. The van der Waals surface area contributed by atoms with Crippen molar-refractivity contribution in [1.29, 1.82) is 0 Å². The number of Topliss-reactive ketones (excluding diaryl/α,β-unsaturated/α-hetero) is 1. The molecule has 0 radical (unpaired) electrons.